The van der Waals surface area contributed by atoms with Crippen molar-refractivity contribution in [2.24, 2.45) is 5.92 Å². The lowest BCUT2D eigenvalue weighted by Gasteiger charge is -2.23. The summed E-state index contributed by atoms with van der Waals surface area (Å²) in [6, 6.07) is 11.1. The Morgan fingerprint density at radius 2 is 1.97 bits per heavy atom. The number of hydrogen-bond acceptors (Lipinski definition) is 6. The molecule has 0 bridgehead atoms. The van der Waals surface area contributed by atoms with Gasteiger partial charge in [-0.15, -0.1) is 0 Å². The third-order valence-electron chi connectivity index (χ3n) is 5.53. The fourth-order valence-corrected chi connectivity index (χ4v) is 3.94. The molecule has 0 unspecified atom stereocenters. The predicted octanol–water partition coefficient (Wildman–Crippen LogP) is 4.67. The molecular weight excluding hydrogens is 384 g/mol. The average molecular weight is 410 g/mol. The Labute approximate surface area is 175 Å². The average Bonchev–Trinajstić information content (AvgIpc) is 3.55. The van der Waals surface area contributed by atoms with E-state index in [-0.39, 0.29) is 11.8 Å². The van der Waals surface area contributed by atoms with Crippen molar-refractivity contribution in [3.63, 3.8) is 0 Å². The van der Waals surface area contributed by atoms with E-state index in [2.05, 4.69) is 5.16 Å². The van der Waals surface area contributed by atoms with Crippen LogP contribution in [-0.4, -0.2) is 30.2 Å². The van der Waals surface area contributed by atoms with Gasteiger partial charge in [0.1, 0.15) is 23.0 Å². The van der Waals surface area contributed by atoms with Crippen molar-refractivity contribution in [3.8, 4) is 22.8 Å². The molecule has 1 fully saturated rings. The van der Waals surface area contributed by atoms with E-state index in [1.807, 2.05) is 35.2 Å². The van der Waals surface area contributed by atoms with E-state index in [0.29, 0.717) is 36.0 Å². The molecule has 1 amide bonds. The highest BCUT2D eigenvalue weighted by Crippen LogP contribution is 2.34. The first-order valence-electron chi connectivity index (χ1n) is 10.2. The van der Waals surface area contributed by atoms with Crippen LogP contribution < -0.4 is 9.47 Å². The normalized spacial score (nSPS) is 14.1. The van der Waals surface area contributed by atoms with Crippen LogP contribution in [0.15, 0.2) is 51.6 Å². The maximum atomic E-state index is 13.1. The zero-order valence-electron chi connectivity index (χ0n) is 17.3. The summed E-state index contributed by atoms with van der Waals surface area (Å²) in [5, 5.41) is 4.20. The van der Waals surface area contributed by atoms with E-state index >= 15 is 0 Å². The summed E-state index contributed by atoms with van der Waals surface area (Å²) in [6.07, 6.45) is 5.73. The molecule has 7 heteroatoms. The van der Waals surface area contributed by atoms with Crippen LogP contribution in [0.3, 0.4) is 0 Å². The molecule has 0 N–H and O–H groups in total. The summed E-state index contributed by atoms with van der Waals surface area (Å²) in [6.45, 7) is 0.772. The first-order valence-corrected chi connectivity index (χ1v) is 10.2. The van der Waals surface area contributed by atoms with E-state index in [9.17, 15) is 4.79 Å². The van der Waals surface area contributed by atoms with Crippen LogP contribution in [-0.2, 0) is 17.9 Å². The first-order chi connectivity index (χ1) is 14.7. The third-order valence-corrected chi connectivity index (χ3v) is 5.53. The van der Waals surface area contributed by atoms with Crippen molar-refractivity contribution in [3.05, 3.63) is 54.1 Å². The lowest BCUT2D eigenvalue weighted by molar-refractivity contribution is -0.137. The van der Waals surface area contributed by atoms with Gasteiger partial charge < -0.3 is 23.3 Å². The maximum absolute atomic E-state index is 13.1. The van der Waals surface area contributed by atoms with Gasteiger partial charge in [0.2, 0.25) is 5.91 Å². The highest BCUT2D eigenvalue weighted by molar-refractivity contribution is 5.79. The van der Waals surface area contributed by atoms with Gasteiger partial charge in [0, 0.05) is 18.1 Å². The summed E-state index contributed by atoms with van der Waals surface area (Å²) < 4.78 is 21.8. The number of hydrogen-bond donors (Lipinski definition) is 0. The molecule has 4 rings (SSSR count). The topological polar surface area (TPSA) is 77.9 Å². The molecule has 1 aromatic carbocycles. The van der Waals surface area contributed by atoms with Crippen LogP contribution in [0.1, 0.15) is 37.1 Å². The van der Waals surface area contributed by atoms with E-state index in [1.165, 1.54) is 0 Å². The Balaban J connectivity index is 1.55. The van der Waals surface area contributed by atoms with E-state index in [0.717, 1.165) is 37.0 Å². The molecule has 2 aromatic heterocycles. The minimum Gasteiger partial charge on any atom is -0.497 e. The number of furan rings is 1. The van der Waals surface area contributed by atoms with Gasteiger partial charge in [-0.25, -0.2) is 0 Å². The van der Waals surface area contributed by atoms with Gasteiger partial charge in [0.25, 0.3) is 0 Å². The first kappa shape index (κ1) is 20.1. The second kappa shape index (κ2) is 9.07. The molecule has 1 aliphatic rings. The zero-order chi connectivity index (χ0) is 20.9. The number of aromatic nitrogens is 1. The quantitative estimate of drug-likeness (QED) is 0.537. The fourth-order valence-electron chi connectivity index (χ4n) is 3.94. The highest BCUT2D eigenvalue weighted by Gasteiger charge is 2.28. The number of benzene rings is 1. The van der Waals surface area contributed by atoms with Crippen molar-refractivity contribution in [2.45, 2.75) is 38.8 Å². The number of nitrogens with zero attached hydrogens (tertiary/aromatic N) is 2. The van der Waals surface area contributed by atoms with Crippen molar-refractivity contribution >= 4 is 5.91 Å². The zero-order valence-corrected chi connectivity index (χ0v) is 17.3. The van der Waals surface area contributed by atoms with Crippen LogP contribution >= 0.6 is 0 Å². The Morgan fingerprint density at radius 3 is 2.67 bits per heavy atom. The van der Waals surface area contributed by atoms with Crippen LogP contribution in [0.5, 0.6) is 11.5 Å². The van der Waals surface area contributed by atoms with Gasteiger partial charge >= 0.3 is 0 Å². The SMILES string of the molecule is COc1ccc(-c2cc(CN(Cc3ccco3)C(=O)C3CCCC3)no2)c(OC)c1. The van der Waals surface area contributed by atoms with Crippen LogP contribution in [0.25, 0.3) is 11.3 Å². The molecular formula is C23H26N2O5. The summed E-state index contributed by atoms with van der Waals surface area (Å²) in [5.74, 6) is 2.88. The third kappa shape index (κ3) is 4.35. The van der Waals surface area contributed by atoms with Crippen molar-refractivity contribution in [1.82, 2.24) is 10.1 Å². The molecule has 0 aliphatic heterocycles. The molecule has 30 heavy (non-hydrogen) atoms. The second-order valence-corrected chi connectivity index (χ2v) is 7.50. The lowest BCUT2D eigenvalue weighted by atomic mass is 10.1. The second-order valence-electron chi connectivity index (χ2n) is 7.50. The summed E-state index contributed by atoms with van der Waals surface area (Å²) in [5.41, 5.74) is 1.46. The monoisotopic (exact) mass is 410 g/mol. The van der Waals surface area contributed by atoms with Gasteiger partial charge in [-0.3, -0.25) is 4.79 Å². The molecule has 1 aliphatic carbocycles. The number of amides is 1. The Hall–Kier alpha value is -3.22. The smallest absolute Gasteiger partial charge is 0.226 e. The van der Waals surface area contributed by atoms with Crippen molar-refractivity contribution < 1.29 is 23.2 Å². The number of rotatable bonds is 8. The van der Waals surface area contributed by atoms with E-state index in [4.69, 9.17) is 18.4 Å². The van der Waals surface area contributed by atoms with Crippen LogP contribution in [0.2, 0.25) is 0 Å². The van der Waals surface area contributed by atoms with Crippen LogP contribution in [0, 0.1) is 5.92 Å². The van der Waals surface area contributed by atoms with Gasteiger partial charge in [-0.1, -0.05) is 18.0 Å². The number of carbonyl (C=O) groups is 1. The molecule has 0 atom stereocenters. The maximum Gasteiger partial charge on any atom is 0.226 e. The Kier molecular flexibility index (Phi) is 6.07. The summed E-state index contributed by atoms with van der Waals surface area (Å²) in [7, 11) is 3.21. The number of methoxy groups -OCH3 is 2. The molecule has 3 aromatic rings. The van der Waals surface area contributed by atoms with Gasteiger partial charge in [-0.2, -0.15) is 0 Å². The largest absolute Gasteiger partial charge is 0.497 e. The molecule has 7 nitrogen and oxygen atoms in total. The molecule has 0 saturated heterocycles. The molecule has 0 spiro atoms. The van der Waals surface area contributed by atoms with Crippen LogP contribution in [0.4, 0.5) is 0 Å². The van der Waals surface area contributed by atoms with Gasteiger partial charge in [-0.05, 0) is 37.1 Å². The lowest BCUT2D eigenvalue weighted by Crippen LogP contribution is -2.34. The van der Waals surface area contributed by atoms with E-state index < -0.39 is 0 Å². The molecule has 158 valence electrons. The number of carbonyl (C=O) groups excluding carboxylic acids is 1. The summed E-state index contributed by atoms with van der Waals surface area (Å²) in [4.78, 5) is 14.9. The van der Waals surface area contributed by atoms with Crippen molar-refractivity contribution in [2.75, 3.05) is 14.2 Å². The van der Waals surface area contributed by atoms with E-state index in [1.54, 1.807) is 26.5 Å². The predicted molar refractivity (Wildman–Crippen MR) is 110 cm³/mol. The summed E-state index contributed by atoms with van der Waals surface area (Å²) >= 11 is 0. The van der Waals surface area contributed by atoms with Crippen molar-refractivity contribution in [1.29, 1.82) is 0 Å². The standard InChI is InChI=1S/C23H26N2O5/c1-27-18-9-10-20(21(13-18)28-2)22-12-17(24-30-22)14-25(15-19-8-5-11-29-19)23(26)16-6-3-4-7-16/h5,8-13,16H,3-4,6-7,14-15H2,1-2H3. The van der Waals surface area contributed by atoms with Gasteiger partial charge in [0.05, 0.1) is 39.1 Å². The Morgan fingerprint density at radius 1 is 1.13 bits per heavy atom. The number of ether oxygens (including phenoxy) is 2. The molecule has 0 radical (unpaired) electrons. The highest BCUT2D eigenvalue weighted by atomic mass is 16.5. The van der Waals surface area contributed by atoms with Gasteiger partial charge in [0.15, 0.2) is 5.76 Å². The molecule has 1 saturated carbocycles. The fraction of sp³-hybridized carbons (Fsp3) is 0.391. The Bertz CT molecular complexity index is 973. The minimum absolute atomic E-state index is 0.0769. The molecule has 2 heterocycles. The minimum atomic E-state index is 0.0769.